The molecule has 0 radical (unpaired) electrons. The number of hydrogen-bond acceptors (Lipinski definition) is 3. The second kappa shape index (κ2) is 5.20. The van der Waals surface area contributed by atoms with E-state index in [-0.39, 0.29) is 11.5 Å². The third kappa shape index (κ3) is 2.53. The topological polar surface area (TPSA) is 62.3 Å². The number of anilines is 1. The van der Waals surface area contributed by atoms with Crippen molar-refractivity contribution in [2.45, 2.75) is 6.92 Å². The van der Waals surface area contributed by atoms with Crippen molar-refractivity contribution >= 4 is 23.6 Å². The molecule has 0 spiro atoms. The van der Waals surface area contributed by atoms with E-state index in [4.69, 9.17) is 0 Å². The quantitative estimate of drug-likeness (QED) is 0.674. The van der Waals surface area contributed by atoms with Gasteiger partial charge in [0.2, 0.25) is 0 Å². The van der Waals surface area contributed by atoms with E-state index in [0.717, 1.165) is 5.69 Å². The molecule has 2 amide bonds. The van der Waals surface area contributed by atoms with Gasteiger partial charge in [-0.15, -0.1) is 0 Å². The number of aryl methyl sites for hydroxylation is 1. The van der Waals surface area contributed by atoms with Crippen LogP contribution in [0.3, 0.4) is 0 Å². The molecule has 0 unspecified atom stereocenters. The van der Waals surface area contributed by atoms with Gasteiger partial charge in [-0.25, -0.2) is 5.01 Å². The molecule has 104 valence electrons. The lowest BCUT2D eigenvalue weighted by Crippen LogP contribution is -2.35. The van der Waals surface area contributed by atoms with Crippen LogP contribution in [0.1, 0.15) is 11.4 Å². The van der Waals surface area contributed by atoms with Crippen LogP contribution in [0.2, 0.25) is 0 Å². The minimum atomic E-state index is -0.424. The number of nitrogens with zero attached hydrogens (tertiary/aromatic N) is 2. The Morgan fingerprint density at radius 3 is 2.52 bits per heavy atom. The third-order valence-corrected chi connectivity index (χ3v) is 3.11. The second-order valence-electron chi connectivity index (χ2n) is 4.68. The molecule has 1 N–H and O–H groups in total. The minimum absolute atomic E-state index is 0.0805. The van der Waals surface area contributed by atoms with Crippen molar-refractivity contribution in [2.24, 2.45) is 0 Å². The fraction of sp³-hybridized carbons (Fsp3) is 0.0625. The Morgan fingerprint density at radius 1 is 1.05 bits per heavy atom. The lowest BCUT2D eigenvalue weighted by molar-refractivity contribution is -0.117. The molecule has 1 aromatic carbocycles. The zero-order chi connectivity index (χ0) is 14.8. The average Bonchev–Trinajstić information content (AvgIpc) is 2.76. The Kier molecular flexibility index (Phi) is 3.23. The van der Waals surface area contributed by atoms with Crippen molar-refractivity contribution in [2.75, 3.05) is 5.01 Å². The molecule has 3 rings (SSSR count). The molecule has 1 saturated heterocycles. The minimum Gasteiger partial charge on any atom is -0.267 e. The van der Waals surface area contributed by atoms with Gasteiger partial charge in [-0.3, -0.25) is 20.0 Å². The highest BCUT2D eigenvalue weighted by Gasteiger charge is 2.34. The van der Waals surface area contributed by atoms with Crippen LogP contribution in [0.5, 0.6) is 0 Å². The predicted molar refractivity (Wildman–Crippen MR) is 79.0 cm³/mol. The van der Waals surface area contributed by atoms with Crippen molar-refractivity contribution in [3.63, 3.8) is 0 Å². The molecule has 1 fully saturated rings. The van der Waals surface area contributed by atoms with Crippen LogP contribution in [-0.4, -0.2) is 16.8 Å². The van der Waals surface area contributed by atoms with Crippen molar-refractivity contribution < 1.29 is 9.59 Å². The fourth-order valence-corrected chi connectivity index (χ4v) is 2.11. The van der Waals surface area contributed by atoms with E-state index in [1.54, 1.807) is 30.3 Å². The van der Waals surface area contributed by atoms with E-state index >= 15 is 0 Å². The largest absolute Gasteiger partial charge is 0.282 e. The van der Waals surface area contributed by atoms with Gasteiger partial charge in [-0.2, -0.15) is 0 Å². The van der Waals surface area contributed by atoms with E-state index in [9.17, 15) is 9.59 Å². The van der Waals surface area contributed by atoms with E-state index in [1.807, 2.05) is 25.1 Å². The monoisotopic (exact) mass is 279 g/mol. The van der Waals surface area contributed by atoms with Gasteiger partial charge in [0.15, 0.2) is 0 Å². The van der Waals surface area contributed by atoms with Crippen LogP contribution in [0.4, 0.5) is 5.69 Å². The van der Waals surface area contributed by atoms with Gasteiger partial charge in [0, 0.05) is 5.69 Å². The maximum Gasteiger partial charge on any atom is 0.282 e. The van der Waals surface area contributed by atoms with Crippen LogP contribution in [-0.2, 0) is 9.59 Å². The number of para-hydroxylation sites is 1. The summed E-state index contributed by atoms with van der Waals surface area (Å²) < 4.78 is 0. The molecule has 1 aliphatic rings. The summed E-state index contributed by atoms with van der Waals surface area (Å²) in [5.41, 5.74) is 4.67. The summed E-state index contributed by atoms with van der Waals surface area (Å²) in [6, 6.07) is 14.4. The van der Waals surface area contributed by atoms with Crippen molar-refractivity contribution in [1.29, 1.82) is 0 Å². The smallest absolute Gasteiger partial charge is 0.267 e. The first-order chi connectivity index (χ1) is 10.1. The molecule has 0 bridgehead atoms. The van der Waals surface area contributed by atoms with Crippen LogP contribution in [0.15, 0.2) is 54.1 Å². The van der Waals surface area contributed by atoms with Crippen molar-refractivity contribution in [1.82, 2.24) is 10.4 Å². The molecule has 2 heterocycles. The Morgan fingerprint density at radius 2 is 1.81 bits per heavy atom. The van der Waals surface area contributed by atoms with Gasteiger partial charge in [0.1, 0.15) is 5.57 Å². The molecule has 0 saturated carbocycles. The Balaban J connectivity index is 1.94. The summed E-state index contributed by atoms with van der Waals surface area (Å²) >= 11 is 0. The fourth-order valence-electron chi connectivity index (χ4n) is 2.11. The van der Waals surface area contributed by atoms with Crippen molar-refractivity contribution in [3.8, 4) is 0 Å². The van der Waals surface area contributed by atoms with Crippen LogP contribution < -0.4 is 10.4 Å². The SMILES string of the molecule is Cc1cccc(/C=C2\C(=O)NN(c3ccccc3)C2=O)n1. The number of rotatable bonds is 2. The van der Waals surface area contributed by atoms with E-state index in [2.05, 4.69) is 10.4 Å². The Labute approximate surface area is 121 Å². The first-order valence-corrected chi connectivity index (χ1v) is 6.51. The molecule has 0 atom stereocenters. The summed E-state index contributed by atoms with van der Waals surface area (Å²) in [7, 11) is 0. The third-order valence-electron chi connectivity index (χ3n) is 3.11. The highest BCUT2D eigenvalue weighted by Crippen LogP contribution is 2.20. The number of hydrogen-bond donors (Lipinski definition) is 1. The standard InChI is InChI=1S/C16H13N3O2/c1-11-6-5-7-12(17-11)10-14-15(20)18-19(16(14)21)13-8-3-2-4-9-13/h2-10H,1H3,(H,18,20)/b14-10+. The van der Waals surface area contributed by atoms with Gasteiger partial charge < -0.3 is 0 Å². The number of hydrazine groups is 1. The number of amides is 2. The van der Waals surface area contributed by atoms with Gasteiger partial charge in [-0.05, 0) is 37.3 Å². The lowest BCUT2D eigenvalue weighted by Gasteiger charge is -2.13. The van der Waals surface area contributed by atoms with E-state index in [0.29, 0.717) is 11.4 Å². The zero-order valence-corrected chi connectivity index (χ0v) is 11.4. The van der Waals surface area contributed by atoms with E-state index < -0.39 is 5.91 Å². The number of nitrogens with one attached hydrogen (secondary N) is 1. The summed E-state index contributed by atoms with van der Waals surface area (Å²) in [5.74, 6) is -0.804. The maximum absolute atomic E-state index is 12.4. The molecular weight excluding hydrogens is 266 g/mol. The highest BCUT2D eigenvalue weighted by molar-refractivity contribution is 6.31. The maximum atomic E-state index is 12.4. The highest BCUT2D eigenvalue weighted by atomic mass is 16.2. The molecule has 21 heavy (non-hydrogen) atoms. The summed E-state index contributed by atoms with van der Waals surface area (Å²) in [5, 5.41) is 1.24. The summed E-state index contributed by atoms with van der Waals surface area (Å²) in [4.78, 5) is 28.6. The number of benzene rings is 1. The summed E-state index contributed by atoms with van der Waals surface area (Å²) in [6.07, 6.45) is 1.51. The zero-order valence-electron chi connectivity index (χ0n) is 11.4. The normalized spacial score (nSPS) is 16.4. The molecule has 1 aromatic heterocycles. The lowest BCUT2D eigenvalue weighted by atomic mass is 10.2. The predicted octanol–water partition coefficient (Wildman–Crippen LogP) is 1.85. The Hall–Kier alpha value is -2.95. The van der Waals surface area contributed by atoms with Crippen LogP contribution >= 0.6 is 0 Å². The number of carbonyl (C=O) groups excluding carboxylic acids is 2. The van der Waals surface area contributed by atoms with E-state index in [1.165, 1.54) is 11.1 Å². The van der Waals surface area contributed by atoms with Gasteiger partial charge >= 0.3 is 0 Å². The molecule has 5 heteroatoms. The first kappa shape index (κ1) is 13.1. The van der Waals surface area contributed by atoms with Gasteiger partial charge in [-0.1, -0.05) is 24.3 Å². The van der Waals surface area contributed by atoms with Crippen LogP contribution in [0.25, 0.3) is 6.08 Å². The van der Waals surface area contributed by atoms with Gasteiger partial charge in [0.05, 0.1) is 11.4 Å². The molecule has 2 aromatic rings. The number of aromatic nitrogens is 1. The number of carbonyl (C=O) groups is 2. The molecule has 5 nitrogen and oxygen atoms in total. The second-order valence-corrected chi connectivity index (χ2v) is 4.68. The Bertz CT molecular complexity index is 738. The molecule has 0 aliphatic carbocycles. The van der Waals surface area contributed by atoms with Crippen molar-refractivity contribution in [3.05, 3.63) is 65.5 Å². The molecular formula is C16H13N3O2. The van der Waals surface area contributed by atoms with Gasteiger partial charge in [0.25, 0.3) is 11.8 Å². The first-order valence-electron chi connectivity index (χ1n) is 6.51. The summed E-state index contributed by atoms with van der Waals surface area (Å²) in [6.45, 7) is 1.86. The number of pyridine rings is 1. The molecule has 1 aliphatic heterocycles. The van der Waals surface area contributed by atoms with Crippen LogP contribution in [0, 0.1) is 6.92 Å². The average molecular weight is 279 g/mol.